The molecule has 4 heteroatoms. The lowest BCUT2D eigenvalue weighted by Crippen LogP contribution is -2.37. The number of nitrogens with one attached hydrogen (secondary N) is 1. The Labute approximate surface area is 112 Å². The van der Waals surface area contributed by atoms with E-state index in [0.29, 0.717) is 5.02 Å². The molecule has 1 aromatic carbocycles. The molecule has 0 aliphatic rings. The molecule has 0 saturated heterocycles. The first-order valence-corrected chi connectivity index (χ1v) is 6.51. The molecule has 3 N–H and O–H groups in total. The van der Waals surface area contributed by atoms with Crippen molar-refractivity contribution in [3.63, 3.8) is 0 Å². The molecule has 18 heavy (non-hydrogen) atoms. The zero-order valence-corrected chi connectivity index (χ0v) is 11.7. The van der Waals surface area contributed by atoms with Crippen molar-refractivity contribution in [3.05, 3.63) is 35.0 Å². The summed E-state index contributed by atoms with van der Waals surface area (Å²) in [4.78, 5) is 0. The van der Waals surface area contributed by atoms with Crippen LogP contribution in [0, 0.1) is 5.41 Å². The highest BCUT2D eigenvalue weighted by Crippen LogP contribution is 2.38. The monoisotopic (exact) mass is 266 g/mol. The molecule has 1 atom stereocenters. The molecule has 3 nitrogen and oxygen atoms in total. The van der Waals surface area contributed by atoms with E-state index in [4.69, 9.17) is 21.9 Å². The van der Waals surface area contributed by atoms with Gasteiger partial charge < -0.3 is 4.42 Å². The fourth-order valence-corrected chi connectivity index (χ4v) is 2.25. The van der Waals surface area contributed by atoms with Crippen LogP contribution in [-0.2, 0) is 0 Å². The Hall–Kier alpha value is -1.03. The fraction of sp³-hybridized carbons (Fsp3) is 0.429. The third-order valence-corrected chi connectivity index (χ3v) is 3.88. The van der Waals surface area contributed by atoms with Gasteiger partial charge in [0, 0.05) is 10.4 Å². The molecule has 0 amide bonds. The maximum absolute atomic E-state index is 5.98. The Morgan fingerprint density at radius 2 is 2.11 bits per heavy atom. The van der Waals surface area contributed by atoms with Crippen molar-refractivity contribution in [2.45, 2.75) is 33.2 Å². The van der Waals surface area contributed by atoms with Crippen molar-refractivity contribution in [3.8, 4) is 0 Å². The minimum atomic E-state index is -0.0197. The number of hydrogen-bond donors (Lipinski definition) is 2. The molecule has 2 aromatic rings. The van der Waals surface area contributed by atoms with Crippen LogP contribution in [0.3, 0.4) is 0 Å². The van der Waals surface area contributed by atoms with Crippen LogP contribution in [0.2, 0.25) is 5.02 Å². The molecule has 0 bridgehead atoms. The van der Waals surface area contributed by atoms with Gasteiger partial charge in [0.15, 0.2) is 0 Å². The third kappa shape index (κ3) is 2.39. The smallest absolute Gasteiger partial charge is 0.134 e. The molecule has 0 radical (unpaired) electrons. The zero-order valence-electron chi connectivity index (χ0n) is 11.0. The number of halogens is 1. The van der Waals surface area contributed by atoms with Crippen LogP contribution < -0.4 is 11.3 Å². The summed E-state index contributed by atoms with van der Waals surface area (Å²) in [6.07, 6.45) is 1.000. The first-order valence-electron chi connectivity index (χ1n) is 6.13. The van der Waals surface area contributed by atoms with Crippen LogP contribution in [0.4, 0.5) is 0 Å². The number of rotatable bonds is 4. The van der Waals surface area contributed by atoms with E-state index in [9.17, 15) is 0 Å². The highest BCUT2D eigenvalue weighted by Gasteiger charge is 2.30. The van der Waals surface area contributed by atoms with E-state index in [-0.39, 0.29) is 11.5 Å². The molecule has 0 spiro atoms. The van der Waals surface area contributed by atoms with E-state index < -0.39 is 0 Å². The van der Waals surface area contributed by atoms with E-state index in [1.807, 2.05) is 24.3 Å². The van der Waals surface area contributed by atoms with Crippen molar-refractivity contribution in [1.29, 1.82) is 0 Å². The Morgan fingerprint density at radius 3 is 2.72 bits per heavy atom. The summed E-state index contributed by atoms with van der Waals surface area (Å²) in [5.41, 5.74) is 3.71. The van der Waals surface area contributed by atoms with Gasteiger partial charge in [-0.15, -0.1) is 0 Å². The largest absolute Gasteiger partial charge is 0.459 e. The number of benzene rings is 1. The lowest BCUT2D eigenvalue weighted by atomic mass is 9.81. The Bertz CT molecular complexity index is 548. The molecule has 98 valence electrons. The van der Waals surface area contributed by atoms with Crippen LogP contribution in [0.5, 0.6) is 0 Å². The third-order valence-electron chi connectivity index (χ3n) is 3.64. The van der Waals surface area contributed by atoms with Gasteiger partial charge in [-0.1, -0.05) is 32.4 Å². The molecule has 0 aliphatic heterocycles. The van der Waals surface area contributed by atoms with E-state index in [2.05, 4.69) is 26.2 Å². The first-order chi connectivity index (χ1) is 8.47. The average Bonchev–Trinajstić information content (AvgIpc) is 2.72. The summed E-state index contributed by atoms with van der Waals surface area (Å²) in [6.45, 7) is 6.47. The van der Waals surface area contributed by atoms with E-state index in [0.717, 1.165) is 23.2 Å². The van der Waals surface area contributed by atoms with Crippen molar-refractivity contribution in [1.82, 2.24) is 5.43 Å². The first kappa shape index (κ1) is 13.4. The predicted octanol–water partition coefficient (Wildman–Crippen LogP) is 4.03. The van der Waals surface area contributed by atoms with E-state index in [1.54, 1.807) is 0 Å². The fourth-order valence-electron chi connectivity index (χ4n) is 2.07. The topological polar surface area (TPSA) is 51.2 Å². The highest BCUT2D eigenvalue weighted by molar-refractivity contribution is 6.31. The summed E-state index contributed by atoms with van der Waals surface area (Å²) in [7, 11) is 0. The van der Waals surface area contributed by atoms with Crippen molar-refractivity contribution in [2.24, 2.45) is 11.3 Å². The van der Waals surface area contributed by atoms with Crippen LogP contribution >= 0.6 is 11.6 Å². The second-order valence-corrected chi connectivity index (χ2v) is 5.71. The minimum absolute atomic E-state index is 0.0197. The van der Waals surface area contributed by atoms with Gasteiger partial charge in [-0.2, -0.15) is 0 Å². The summed E-state index contributed by atoms with van der Waals surface area (Å²) in [5, 5.41) is 1.71. The van der Waals surface area contributed by atoms with Gasteiger partial charge in [-0.25, -0.2) is 5.43 Å². The van der Waals surface area contributed by atoms with Gasteiger partial charge in [-0.05, 0) is 36.1 Å². The van der Waals surface area contributed by atoms with E-state index >= 15 is 0 Å². The highest BCUT2D eigenvalue weighted by atomic mass is 35.5. The maximum atomic E-state index is 5.98. The molecular formula is C14H19ClN2O. The summed E-state index contributed by atoms with van der Waals surface area (Å²) in [6, 6.07) is 7.59. The number of hydrogen-bond acceptors (Lipinski definition) is 3. The number of nitrogens with two attached hydrogens (primary N) is 1. The molecule has 1 heterocycles. The second-order valence-electron chi connectivity index (χ2n) is 5.27. The second kappa shape index (κ2) is 4.92. The standard InChI is InChI=1S/C14H19ClN2O/c1-4-14(2,3)13(17-16)12-8-9-7-10(15)5-6-11(9)18-12/h5-8,13,17H,4,16H2,1-3H3. The van der Waals surface area contributed by atoms with Gasteiger partial charge in [0.2, 0.25) is 0 Å². The minimum Gasteiger partial charge on any atom is -0.459 e. The Kier molecular flexibility index (Phi) is 3.66. The molecule has 1 unspecified atom stereocenters. The average molecular weight is 267 g/mol. The van der Waals surface area contributed by atoms with Crippen LogP contribution in [0.25, 0.3) is 11.0 Å². The SMILES string of the molecule is CCC(C)(C)C(NN)c1cc2cc(Cl)ccc2o1. The number of hydrazine groups is 1. The van der Waals surface area contributed by atoms with Gasteiger partial charge >= 0.3 is 0 Å². The van der Waals surface area contributed by atoms with Gasteiger partial charge in [0.25, 0.3) is 0 Å². The molecule has 2 rings (SSSR count). The quantitative estimate of drug-likeness (QED) is 0.649. The Balaban J connectivity index is 2.46. The van der Waals surface area contributed by atoms with Crippen molar-refractivity contribution in [2.75, 3.05) is 0 Å². The molecular weight excluding hydrogens is 248 g/mol. The summed E-state index contributed by atoms with van der Waals surface area (Å²) < 4.78 is 5.86. The number of fused-ring (bicyclic) bond motifs is 1. The summed E-state index contributed by atoms with van der Waals surface area (Å²) >= 11 is 5.98. The van der Waals surface area contributed by atoms with Crippen LogP contribution in [0.15, 0.2) is 28.7 Å². The normalized spacial score (nSPS) is 14.1. The molecule has 0 saturated carbocycles. The molecule has 0 fully saturated rings. The lowest BCUT2D eigenvalue weighted by molar-refractivity contribution is 0.210. The number of furan rings is 1. The maximum Gasteiger partial charge on any atom is 0.134 e. The van der Waals surface area contributed by atoms with Gasteiger partial charge in [0.05, 0.1) is 6.04 Å². The van der Waals surface area contributed by atoms with Gasteiger partial charge in [-0.3, -0.25) is 5.84 Å². The zero-order chi connectivity index (χ0) is 13.3. The molecule has 1 aromatic heterocycles. The predicted molar refractivity (Wildman–Crippen MR) is 75.4 cm³/mol. The van der Waals surface area contributed by atoms with Gasteiger partial charge in [0.1, 0.15) is 11.3 Å². The lowest BCUT2D eigenvalue weighted by Gasteiger charge is -2.31. The van der Waals surface area contributed by atoms with Crippen molar-refractivity contribution < 1.29 is 4.42 Å². The van der Waals surface area contributed by atoms with E-state index in [1.165, 1.54) is 0 Å². The van der Waals surface area contributed by atoms with Crippen molar-refractivity contribution >= 4 is 22.6 Å². The van der Waals surface area contributed by atoms with Crippen LogP contribution in [0.1, 0.15) is 39.0 Å². The Morgan fingerprint density at radius 1 is 1.39 bits per heavy atom. The summed E-state index contributed by atoms with van der Waals surface area (Å²) in [5.74, 6) is 6.53. The molecule has 0 aliphatic carbocycles. The van der Waals surface area contributed by atoms with Crippen LogP contribution in [-0.4, -0.2) is 0 Å².